The van der Waals surface area contributed by atoms with Crippen LogP contribution in [0.1, 0.15) is 29.2 Å². The molecule has 1 amide bonds. The largest absolute Gasteiger partial charge is 0.354 e. The third-order valence-corrected chi connectivity index (χ3v) is 7.62. The van der Waals surface area contributed by atoms with E-state index >= 15 is 0 Å². The van der Waals surface area contributed by atoms with E-state index in [9.17, 15) is 13.2 Å². The fraction of sp³-hybridized carbons (Fsp3) is 0.200. The molecule has 3 aromatic rings. The highest BCUT2D eigenvalue weighted by molar-refractivity contribution is 7.94. The number of rotatable bonds is 7. The average molecular weight is 464 g/mol. The van der Waals surface area contributed by atoms with E-state index in [4.69, 9.17) is 16.1 Å². The van der Waals surface area contributed by atoms with Gasteiger partial charge in [-0.3, -0.25) is 9.52 Å². The zero-order valence-electron chi connectivity index (χ0n) is 15.9. The van der Waals surface area contributed by atoms with Crippen LogP contribution in [0.4, 0.5) is 11.4 Å². The van der Waals surface area contributed by atoms with Crippen LogP contribution in [0.5, 0.6) is 0 Å². The molecule has 10 heteroatoms. The number of halogens is 1. The van der Waals surface area contributed by atoms with Crippen molar-refractivity contribution in [3.63, 3.8) is 0 Å². The number of carbonyl (C=O) groups is 1. The summed E-state index contributed by atoms with van der Waals surface area (Å²) in [5.74, 6) is 0.446. The maximum Gasteiger partial charge on any atom is 0.271 e. The lowest BCUT2D eigenvalue weighted by Gasteiger charge is -2.05. The van der Waals surface area contributed by atoms with Gasteiger partial charge in [0.05, 0.1) is 0 Å². The summed E-state index contributed by atoms with van der Waals surface area (Å²) in [7, 11) is -3.71. The van der Waals surface area contributed by atoms with E-state index < -0.39 is 10.0 Å². The summed E-state index contributed by atoms with van der Waals surface area (Å²) in [4.78, 5) is 12.8. The van der Waals surface area contributed by atoms with Gasteiger partial charge in [-0.05, 0) is 68.3 Å². The highest BCUT2D eigenvalue weighted by atomic mass is 35.5. The van der Waals surface area contributed by atoms with Crippen LogP contribution in [-0.2, 0) is 14.8 Å². The van der Waals surface area contributed by atoms with E-state index in [1.807, 2.05) is 0 Å². The van der Waals surface area contributed by atoms with Crippen molar-refractivity contribution < 1.29 is 17.7 Å². The first kappa shape index (κ1) is 20.6. The van der Waals surface area contributed by atoms with Gasteiger partial charge in [-0.25, -0.2) is 8.42 Å². The van der Waals surface area contributed by atoms with Crippen molar-refractivity contribution in [2.75, 3.05) is 10.0 Å². The molecule has 0 atom stereocenters. The molecule has 4 rings (SSSR count). The second kappa shape index (κ2) is 8.25. The molecular weight excluding hydrogens is 446 g/mol. The monoisotopic (exact) mass is 463 g/mol. The Morgan fingerprint density at radius 1 is 1.20 bits per heavy atom. The molecule has 2 N–H and O–H groups in total. The Balaban J connectivity index is 1.48. The molecule has 0 radical (unpaired) electrons. The van der Waals surface area contributed by atoms with Crippen molar-refractivity contribution in [3.8, 4) is 0 Å². The molecule has 1 fully saturated rings. The first-order chi connectivity index (χ1) is 14.3. The average Bonchev–Trinajstić information content (AvgIpc) is 3.35. The minimum absolute atomic E-state index is 0.0336. The van der Waals surface area contributed by atoms with Crippen molar-refractivity contribution in [2.24, 2.45) is 5.92 Å². The number of thiophene rings is 1. The lowest BCUT2D eigenvalue weighted by atomic mass is 10.2. The van der Waals surface area contributed by atoms with E-state index in [1.165, 1.54) is 6.07 Å². The number of sulfonamides is 1. The summed E-state index contributed by atoms with van der Waals surface area (Å²) in [6.07, 6.45) is 5.19. The van der Waals surface area contributed by atoms with Gasteiger partial charge < -0.3 is 9.84 Å². The molecular formula is C20H18ClN3O4S2. The molecule has 0 bridgehead atoms. The van der Waals surface area contributed by atoms with Gasteiger partial charge in [-0.15, -0.1) is 11.3 Å². The van der Waals surface area contributed by atoms with Gasteiger partial charge >= 0.3 is 0 Å². The Hall–Kier alpha value is -2.62. The summed E-state index contributed by atoms with van der Waals surface area (Å²) in [5, 5.41) is 7.29. The maximum absolute atomic E-state index is 12.6. The summed E-state index contributed by atoms with van der Waals surface area (Å²) in [6, 6.07) is 9.64. The number of aromatic nitrogens is 1. The number of carbonyl (C=O) groups excluding carboxylic acids is 1. The van der Waals surface area contributed by atoms with E-state index in [0.717, 1.165) is 24.2 Å². The second-order valence-corrected chi connectivity index (χ2v) is 10.3. The molecule has 1 aliphatic rings. The van der Waals surface area contributed by atoms with Crippen LogP contribution in [0.15, 0.2) is 45.1 Å². The zero-order valence-corrected chi connectivity index (χ0v) is 18.3. The van der Waals surface area contributed by atoms with Crippen molar-refractivity contribution >= 4 is 62.4 Å². The van der Waals surface area contributed by atoms with Crippen LogP contribution < -0.4 is 10.0 Å². The molecule has 0 spiro atoms. The van der Waals surface area contributed by atoms with Gasteiger partial charge in [0.2, 0.25) is 5.91 Å². The zero-order chi connectivity index (χ0) is 21.3. The molecule has 2 heterocycles. The normalized spacial score (nSPS) is 14.2. The number of amides is 1. The van der Waals surface area contributed by atoms with Gasteiger partial charge in [-0.1, -0.05) is 16.8 Å². The lowest BCUT2D eigenvalue weighted by molar-refractivity contribution is -0.117. The van der Waals surface area contributed by atoms with Crippen molar-refractivity contribution in [3.05, 3.63) is 57.8 Å². The van der Waals surface area contributed by atoms with Crippen LogP contribution in [0.2, 0.25) is 5.02 Å². The molecule has 30 heavy (non-hydrogen) atoms. The Labute approximate surface area is 182 Å². The predicted molar refractivity (Wildman–Crippen MR) is 118 cm³/mol. The molecule has 7 nitrogen and oxygen atoms in total. The van der Waals surface area contributed by atoms with Crippen molar-refractivity contribution in [1.29, 1.82) is 0 Å². The summed E-state index contributed by atoms with van der Waals surface area (Å²) >= 11 is 6.94. The quantitative estimate of drug-likeness (QED) is 0.512. The van der Waals surface area contributed by atoms with E-state index in [2.05, 4.69) is 15.2 Å². The topological polar surface area (TPSA) is 101 Å². The number of hydrogen-bond acceptors (Lipinski definition) is 6. The van der Waals surface area contributed by atoms with Gasteiger partial charge in [0.25, 0.3) is 10.0 Å². The number of nitrogens with one attached hydrogen (secondary N) is 2. The highest BCUT2D eigenvalue weighted by Crippen LogP contribution is 2.32. The Morgan fingerprint density at radius 2 is 1.93 bits per heavy atom. The van der Waals surface area contributed by atoms with Gasteiger partial charge in [0.15, 0.2) is 5.76 Å². The van der Waals surface area contributed by atoms with E-state index in [-0.39, 0.29) is 16.0 Å². The maximum atomic E-state index is 12.6. The van der Waals surface area contributed by atoms with E-state index in [1.54, 1.807) is 49.4 Å². The summed E-state index contributed by atoms with van der Waals surface area (Å²) < 4.78 is 33.2. The van der Waals surface area contributed by atoms with Crippen LogP contribution in [0.25, 0.3) is 12.2 Å². The molecule has 2 aromatic heterocycles. The molecule has 0 unspecified atom stereocenters. The number of anilines is 2. The van der Waals surface area contributed by atoms with Crippen LogP contribution >= 0.6 is 22.9 Å². The molecule has 1 aliphatic carbocycles. The molecule has 1 saturated carbocycles. The van der Waals surface area contributed by atoms with Crippen molar-refractivity contribution in [1.82, 2.24) is 5.16 Å². The Bertz CT molecular complexity index is 1210. The molecule has 0 saturated heterocycles. The van der Waals surface area contributed by atoms with Gasteiger partial charge in [0.1, 0.15) is 15.6 Å². The third kappa shape index (κ3) is 4.75. The summed E-state index contributed by atoms with van der Waals surface area (Å²) in [5.41, 5.74) is 1.56. The minimum Gasteiger partial charge on any atom is -0.354 e. The SMILES string of the molecule is Cc1noc(C=Cc2ccc(S(=O)(=O)Nc3ccc(Cl)cc3)s2)c1NC(=O)C1CC1. The molecule has 156 valence electrons. The highest BCUT2D eigenvalue weighted by Gasteiger charge is 2.30. The third-order valence-electron chi connectivity index (χ3n) is 4.45. The predicted octanol–water partition coefficient (Wildman–Crippen LogP) is 5.02. The van der Waals surface area contributed by atoms with Crippen LogP contribution in [0, 0.1) is 12.8 Å². The number of benzene rings is 1. The van der Waals surface area contributed by atoms with Gasteiger partial charge in [-0.2, -0.15) is 0 Å². The van der Waals surface area contributed by atoms with E-state index in [0.29, 0.717) is 32.7 Å². The summed E-state index contributed by atoms with van der Waals surface area (Å²) in [6.45, 7) is 1.75. The second-order valence-electron chi connectivity index (χ2n) is 6.87. The van der Waals surface area contributed by atoms with Crippen LogP contribution in [-0.4, -0.2) is 19.5 Å². The van der Waals surface area contributed by atoms with Crippen LogP contribution in [0.3, 0.4) is 0 Å². The number of aryl methyl sites for hydroxylation is 1. The fourth-order valence-corrected chi connectivity index (χ4v) is 5.09. The Kier molecular flexibility index (Phi) is 5.68. The Morgan fingerprint density at radius 3 is 2.63 bits per heavy atom. The van der Waals surface area contributed by atoms with Gasteiger partial charge in [0, 0.05) is 21.5 Å². The lowest BCUT2D eigenvalue weighted by Crippen LogP contribution is -2.14. The molecule has 1 aromatic carbocycles. The smallest absolute Gasteiger partial charge is 0.271 e. The number of nitrogens with zero attached hydrogens (tertiary/aromatic N) is 1. The molecule has 0 aliphatic heterocycles. The number of hydrogen-bond donors (Lipinski definition) is 2. The first-order valence-corrected chi connectivity index (χ1v) is 11.8. The standard InChI is InChI=1S/C20H18ClN3O4S2/c1-12-19(22-20(25)13-2-3-13)17(28-23-12)10-8-16-9-11-18(29-16)30(26,27)24-15-6-4-14(21)5-7-15/h4-11,13,24H,2-3H2,1H3,(H,22,25). The first-order valence-electron chi connectivity index (χ1n) is 9.15. The fourth-order valence-electron chi connectivity index (χ4n) is 2.67. The van der Waals surface area contributed by atoms with Crippen molar-refractivity contribution in [2.45, 2.75) is 24.0 Å². The minimum atomic E-state index is -3.71.